The van der Waals surface area contributed by atoms with Gasteiger partial charge in [0.1, 0.15) is 17.4 Å². The predicted octanol–water partition coefficient (Wildman–Crippen LogP) is 3.76. The topological polar surface area (TPSA) is 72.3 Å². The van der Waals surface area contributed by atoms with Crippen LogP contribution in [0.4, 0.5) is 0 Å². The van der Waals surface area contributed by atoms with Crippen LogP contribution in [0.1, 0.15) is 55.1 Å². The van der Waals surface area contributed by atoms with Crippen LogP contribution in [-0.4, -0.2) is 26.5 Å². The number of benzene rings is 1. The Morgan fingerprint density at radius 1 is 1.15 bits per heavy atom. The highest BCUT2D eigenvalue weighted by atomic mass is 16.5. The molecule has 1 N–H and O–H groups in total. The Balaban J connectivity index is 1.88. The van der Waals surface area contributed by atoms with Crippen LogP contribution < -0.4 is 10.4 Å². The van der Waals surface area contributed by atoms with E-state index in [-0.39, 0.29) is 5.69 Å². The molecule has 0 amide bonds. The van der Waals surface area contributed by atoms with Gasteiger partial charge in [0, 0.05) is 5.92 Å². The van der Waals surface area contributed by atoms with Gasteiger partial charge in [0.05, 0.1) is 18.4 Å². The Morgan fingerprint density at radius 2 is 1.92 bits per heavy atom. The second-order valence-corrected chi connectivity index (χ2v) is 7.14. The summed E-state index contributed by atoms with van der Waals surface area (Å²) in [6, 6.07) is 5.85. The van der Waals surface area contributed by atoms with Gasteiger partial charge in [-0.15, -0.1) is 0 Å². The van der Waals surface area contributed by atoms with E-state index in [2.05, 4.69) is 4.98 Å². The van der Waals surface area contributed by atoms with E-state index in [9.17, 15) is 4.79 Å². The molecule has 0 bridgehead atoms. The summed E-state index contributed by atoms with van der Waals surface area (Å²) in [6.07, 6.45) is 5.84. The van der Waals surface area contributed by atoms with Crippen molar-refractivity contribution in [2.75, 3.05) is 7.11 Å². The van der Waals surface area contributed by atoms with Gasteiger partial charge in [0.15, 0.2) is 5.65 Å². The van der Waals surface area contributed by atoms with E-state index in [0.717, 1.165) is 35.5 Å². The first-order valence-corrected chi connectivity index (χ1v) is 9.22. The fourth-order valence-corrected chi connectivity index (χ4v) is 3.92. The number of aryl methyl sites for hydroxylation is 2. The number of hydrogen-bond donors (Lipinski definition) is 1. The molecule has 1 aliphatic rings. The lowest BCUT2D eigenvalue weighted by Crippen LogP contribution is -2.22. The van der Waals surface area contributed by atoms with Crippen molar-refractivity contribution in [1.29, 1.82) is 0 Å². The summed E-state index contributed by atoms with van der Waals surface area (Å²) < 4.78 is 7.14. The van der Waals surface area contributed by atoms with Crippen LogP contribution in [0.15, 0.2) is 23.0 Å². The Kier molecular flexibility index (Phi) is 4.26. The number of fused-ring (bicyclic) bond motifs is 1. The fraction of sp³-hybridized carbons (Fsp3) is 0.450. The Hall–Kier alpha value is -2.63. The van der Waals surface area contributed by atoms with Gasteiger partial charge in [-0.05, 0) is 44.4 Å². The van der Waals surface area contributed by atoms with Gasteiger partial charge in [0.2, 0.25) is 0 Å². The molecule has 0 spiro atoms. The summed E-state index contributed by atoms with van der Waals surface area (Å²) in [5.41, 5.74) is 3.11. The van der Waals surface area contributed by atoms with Gasteiger partial charge >= 0.3 is 5.69 Å². The van der Waals surface area contributed by atoms with Crippen molar-refractivity contribution in [3.63, 3.8) is 0 Å². The van der Waals surface area contributed by atoms with Crippen LogP contribution >= 0.6 is 0 Å². The molecule has 1 saturated carbocycles. The van der Waals surface area contributed by atoms with Crippen molar-refractivity contribution in [3.8, 4) is 17.1 Å². The molecule has 1 fully saturated rings. The summed E-state index contributed by atoms with van der Waals surface area (Å²) >= 11 is 0. The van der Waals surface area contributed by atoms with Crippen LogP contribution in [0.5, 0.6) is 5.75 Å². The first-order chi connectivity index (χ1) is 12.6. The average molecular weight is 352 g/mol. The summed E-state index contributed by atoms with van der Waals surface area (Å²) in [4.78, 5) is 25.3. The molecule has 1 aliphatic carbocycles. The molecule has 0 saturated heterocycles. The van der Waals surface area contributed by atoms with Crippen LogP contribution in [0.3, 0.4) is 0 Å². The molecular formula is C20H24N4O2. The highest BCUT2D eigenvalue weighted by Crippen LogP contribution is 2.33. The van der Waals surface area contributed by atoms with Crippen molar-refractivity contribution >= 4 is 5.65 Å². The molecule has 4 rings (SSSR count). The Bertz CT molecular complexity index is 1010. The van der Waals surface area contributed by atoms with Gasteiger partial charge in [-0.1, -0.05) is 25.3 Å². The third kappa shape index (κ3) is 2.79. The molecule has 0 aliphatic heterocycles. The third-order valence-corrected chi connectivity index (χ3v) is 5.28. The molecule has 136 valence electrons. The minimum absolute atomic E-state index is 0.186. The number of methoxy groups -OCH3 is 1. The summed E-state index contributed by atoms with van der Waals surface area (Å²) in [5, 5.41) is 0. The maximum absolute atomic E-state index is 12.9. The van der Waals surface area contributed by atoms with Crippen molar-refractivity contribution in [2.45, 2.75) is 51.9 Å². The Labute approximate surface area is 152 Å². The summed E-state index contributed by atoms with van der Waals surface area (Å²) in [7, 11) is 1.63. The average Bonchev–Trinajstić information content (AvgIpc) is 2.99. The molecular weight excluding hydrogens is 328 g/mol. The van der Waals surface area contributed by atoms with Crippen molar-refractivity contribution in [3.05, 3.63) is 45.8 Å². The van der Waals surface area contributed by atoms with E-state index in [4.69, 9.17) is 14.7 Å². The molecule has 2 aromatic heterocycles. The number of rotatable bonds is 3. The smallest absolute Gasteiger partial charge is 0.334 e. The molecule has 6 nitrogen and oxygen atoms in total. The largest absolute Gasteiger partial charge is 0.496 e. The zero-order valence-corrected chi connectivity index (χ0v) is 15.5. The predicted molar refractivity (Wildman–Crippen MR) is 101 cm³/mol. The van der Waals surface area contributed by atoms with Crippen LogP contribution in [0.2, 0.25) is 0 Å². The van der Waals surface area contributed by atoms with Gasteiger partial charge < -0.3 is 4.74 Å². The summed E-state index contributed by atoms with van der Waals surface area (Å²) in [5.74, 6) is 2.40. The van der Waals surface area contributed by atoms with E-state index in [0.29, 0.717) is 23.1 Å². The van der Waals surface area contributed by atoms with Crippen molar-refractivity contribution in [1.82, 2.24) is 19.4 Å². The molecule has 26 heavy (non-hydrogen) atoms. The van der Waals surface area contributed by atoms with E-state index in [1.165, 1.54) is 19.3 Å². The van der Waals surface area contributed by atoms with E-state index >= 15 is 0 Å². The standard InChI is InChI=1S/C20H24N4O2/c1-12-9-10-15(16(11-12)26-3)17-22-18-13(2)21-19(24(18)20(25)23-17)14-7-5-4-6-8-14/h9-11,14H,4-8H2,1-3H3,(H,22,23,25). The number of nitrogens with one attached hydrogen (secondary N) is 1. The molecule has 0 atom stereocenters. The number of H-pyrrole nitrogens is 1. The van der Waals surface area contributed by atoms with Crippen molar-refractivity contribution in [2.24, 2.45) is 0 Å². The van der Waals surface area contributed by atoms with Crippen molar-refractivity contribution < 1.29 is 4.74 Å². The molecule has 0 unspecified atom stereocenters. The van der Waals surface area contributed by atoms with E-state index < -0.39 is 0 Å². The first-order valence-electron chi connectivity index (χ1n) is 9.22. The second kappa shape index (κ2) is 6.59. The summed E-state index contributed by atoms with van der Waals surface area (Å²) in [6.45, 7) is 3.92. The number of aromatic amines is 1. The third-order valence-electron chi connectivity index (χ3n) is 5.28. The maximum Gasteiger partial charge on any atom is 0.334 e. The quantitative estimate of drug-likeness (QED) is 0.779. The fourth-order valence-electron chi connectivity index (χ4n) is 3.92. The normalized spacial score (nSPS) is 15.5. The van der Waals surface area contributed by atoms with E-state index in [1.54, 1.807) is 11.5 Å². The number of imidazole rings is 1. The van der Waals surface area contributed by atoms with E-state index in [1.807, 2.05) is 32.0 Å². The first kappa shape index (κ1) is 16.8. The zero-order chi connectivity index (χ0) is 18.3. The number of ether oxygens (including phenoxy) is 1. The second-order valence-electron chi connectivity index (χ2n) is 7.14. The lowest BCUT2D eigenvalue weighted by atomic mass is 9.89. The van der Waals surface area contributed by atoms with Crippen LogP contribution in [0.25, 0.3) is 17.0 Å². The lowest BCUT2D eigenvalue weighted by molar-refractivity contribution is 0.415. The highest BCUT2D eigenvalue weighted by molar-refractivity contribution is 5.66. The molecule has 6 heteroatoms. The Morgan fingerprint density at radius 3 is 2.65 bits per heavy atom. The molecule has 3 aromatic rings. The maximum atomic E-state index is 12.9. The SMILES string of the molecule is COc1cc(C)ccc1-c1nc2c(C)nc(C3CCCCC3)n2c(=O)[nH]1. The van der Waals surface area contributed by atoms with Gasteiger partial charge in [0.25, 0.3) is 0 Å². The number of nitrogens with zero attached hydrogens (tertiary/aromatic N) is 3. The monoisotopic (exact) mass is 352 g/mol. The van der Waals surface area contributed by atoms with Gasteiger partial charge in [-0.2, -0.15) is 0 Å². The minimum atomic E-state index is -0.186. The zero-order valence-electron chi connectivity index (χ0n) is 15.5. The van der Waals surface area contributed by atoms with Gasteiger partial charge in [-0.3, -0.25) is 4.98 Å². The van der Waals surface area contributed by atoms with Gasteiger partial charge in [-0.25, -0.2) is 19.2 Å². The molecule has 1 aromatic carbocycles. The lowest BCUT2D eigenvalue weighted by Gasteiger charge is -2.20. The van der Waals surface area contributed by atoms with Crippen LogP contribution in [-0.2, 0) is 0 Å². The minimum Gasteiger partial charge on any atom is -0.496 e. The molecule has 0 radical (unpaired) electrons. The number of hydrogen-bond acceptors (Lipinski definition) is 4. The van der Waals surface area contributed by atoms with Crippen LogP contribution in [0, 0.1) is 13.8 Å². The highest BCUT2D eigenvalue weighted by Gasteiger charge is 2.24. The number of aromatic nitrogens is 4. The molecule has 2 heterocycles.